The minimum Gasteiger partial charge on any atom is -0.399 e. The fourth-order valence-corrected chi connectivity index (χ4v) is 1.87. The summed E-state index contributed by atoms with van der Waals surface area (Å²) in [6.07, 6.45) is 3.40. The van der Waals surface area contributed by atoms with Gasteiger partial charge in [0, 0.05) is 29.2 Å². The zero-order chi connectivity index (χ0) is 13.2. The fraction of sp³-hybridized carbons (Fsp3) is 0.0714. The van der Waals surface area contributed by atoms with E-state index in [9.17, 15) is 0 Å². The summed E-state index contributed by atoms with van der Waals surface area (Å²) in [5.74, 6) is 1.01. The Morgan fingerprint density at radius 3 is 2.84 bits per heavy atom. The Bertz CT molecular complexity index is 706. The zero-order valence-corrected chi connectivity index (χ0v) is 10.4. The van der Waals surface area contributed by atoms with E-state index < -0.39 is 0 Å². The molecule has 0 aliphatic rings. The van der Waals surface area contributed by atoms with E-state index in [0.29, 0.717) is 17.4 Å². The molecule has 1 aromatic carbocycles. The van der Waals surface area contributed by atoms with Crippen LogP contribution in [0, 0.1) is 6.92 Å². The predicted molar refractivity (Wildman–Crippen MR) is 72.1 cm³/mol. The van der Waals surface area contributed by atoms with Gasteiger partial charge in [0.1, 0.15) is 0 Å². The van der Waals surface area contributed by atoms with Crippen molar-refractivity contribution < 1.29 is 4.52 Å². The second-order valence-corrected chi connectivity index (χ2v) is 4.24. The average molecular weight is 252 g/mol. The third-order valence-electron chi connectivity index (χ3n) is 2.83. The van der Waals surface area contributed by atoms with Gasteiger partial charge in [-0.05, 0) is 42.8 Å². The number of nitrogen functional groups attached to an aromatic ring is 1. The van der Waals surface area contributed by atoms with Gasteiger partial charge in [-0.25, -0.2) is 0 Å². The third-order valence-corrected chi connectivity index (χ3v) is 2.83. The van der Waals surface area contributed by atoms with Gasteiger partial charge in [0.25, 0.3) is 5.89 Å². The summed E-state index contributed by atoms with van der Waals surface area (Å²) in [7, 11) is 0. The van der Waals surface area contributed by atoms with Crippen LogP contribution in [0.2, 0.25) is 0 Å². The molecule has 0 saturated heterocycles. The number of pyridine rings is 1. The fourth-order valence-electron chi connectivity index (χ4n) is 1.87. The molecule has 0 fully saturated rings. The van der Waals surface area contributed by atoms with Crippen LogP contribution < -0.4 is 5.73 Å². The number of aromatic nitrogens is 3. The predicted octanol–water partition coefficient (Wildman–Crippen LogP) is 2.69. The standard InChI is InChI=1S/C14H12N4O/c1-9-7-11(15)4-5-12(9)14-17-13(18-19-14)10-3-2-6-16-8-10/h2-8H,15H2,1H3. The van der Waals surface area contributed by atoms with Crippen LogP contribution in [0.5, 0.6) is 0 Å². The second-order valence-electron chi connectivity index (χ2n) is 4.24. The van der Waals surface area contributed by atoms with Crippen molar-refractivity contribution in [2.75, 3.05) is 5.73 Å². The Morgan fingerprint density at radius 1 is 1.21 bits per heavy atom. The van der Waals surface area contributed by atoms with Gasteiger partial charge in [-0.1, -0.05) is 5.16 Å². The summed E-state index contributed by atoms with van der Waals surface area (Å²) in [5, 5.41) is 3.97. The second kappa shape index (κ2) is 4.53. The molecule has 0 aliphatic carbocycles. The lowest BCUT2D eigenvalue weighted by molar-refractivity contribution is 0.432. The van der Waals surface area contributed by atoms with Gasteiger partial charge in [0.2, 0.25) is 5.82 Å². The van der Waals surface area contributed by atoms with Crippen LogP contribution in [0.3, 0.4) is 0 Å². The van der Waals surface area contributed by atoms with E-state index in [1.807, 2.05) is 37.3 Å². The summed E-state index contributed by atoms with van der Waals surface area (Å²) in [4.78, 5) is 8.42. The number of benzene rings is 1. The van der Waals surface area contributed by atoms with Gasteiger partial charge < -0.3 is 10.3 Å². The van der Waals surface area contributed by atoms with E-state index in [2.05, 4.69) is 15.1 Å². The van der Waals surface area contributed by atoms with Crippen molar-refractivity contribution in [1.82, 2.24) is 15.1 Å². The molecule has 19 heavy (non-hydrogen) atoms. The quantitative estimate of drug-likeness (QED) is 0.709. The normalized spacial score (nSPS) is 10.6. The van der Waals surface area contributed by atoms with Crippen LogP contribution in [0.1, 0.15) is 5.56 Å². The lowest BCUT2D eigenvalue weighted by atomic mass is 10.1. The van der Waals surface area contributed by atoms with Crippen LogP contribution in [-0.4, -0.2) is 15.1 Å². The Morgan fingerprint density at radius 2 is 2.11 bits per heavy atom. The SMILES string of the molecule is Cc1cc(N)ccc1-c1nc(-c2cccnc2)no1. The van der Waals surface area contributed by atoms with Gasteiger partial charge in [0.15, 0.2) is 0 Å². The summed E-state index contributed by atoms with van der Waals surface area (Å²) in [6, 6.07) is 9.29. The number of anilines is 1. The van der Waals surface area contributed by atoms with Gasteiger partial charge in [-0.15, -0.1) is 0 Å². The van der Waals surface area contributed by atoms with Crippen LogP contribution in [-0.2, 0) is 0 Å². The molecule has 0 amide bonds. The summed E-state index contributed by atoms with van der Waals surface area (Å²) in [5.41, 5.74) is 9.15. The molecule has 3 rings (SSSR count). The highest BCUT2D eigenvalue weighted by atomic mass is 16.5. The molecule has 0 atom stereocenters. The molecule has 2 aromatic heterocycles. The number of aryl methyl sites for hydroxylation is 1. The van der Waals surface area contributed by atoms with Crippen molar-refractivity contribution in [3.63, 3.8) is 0 Å². The molecule has 2 heterocycles. The smallest absolute Gasteiger partial charge is 0.258 e. The van der Waals surface area contributed by atoms with Crippen LogP contribution in [0.4, 0.5) is 5.69 Å². The first-order chi connectivity index (χ1) is 9.24. The molecule has 3 aromatic rings. The maximum absolute atomic E-state index is 5.73. The average Bonchev–Trinajstić information content (AvgIpc) is 2.89. The van der Waals surface area contributed by atoms with E-state index in [1.54, 1.807) is 12.4 Å². The molecular weight excluding hydrogens is 240 g/mol. The van der Waals surface area contributed by atoms with Crippen molar-refractivity contribution in [2.45, 2.75) is 6.92 Å². The van der Waals surface area contributed by atoms with E-state index >= 15 is 0 Å². The molecular formula is C14H12N4O. The minimum atomic E-state index is 0.483. The van der Waals surface area contributed by atoms with Gasteiger partial charge in [-0.3, -0.25) is 4.98 Å². The number of hydrogen-bond donors (Lipinski definition) is 1. The van der Waals surface area contributed by atoms with Crippen LogP contribution in [0.25, 0.3) is 22.8 Å². The molecule has 5 heteroatoms. The molecule has 0 unspecified atom stereocenters. The zero-order valence-electron chi connectivity index (χ0n) is 10.4. The first-order valence-electron chi connectivity index (χ1n) is 5.84. The maximum Gasteiger partial charge on any atom is 0.258 e. The van der Waals surface area contributed by atoms with E-state index in [0.717, 1.165) is 16.7 Å². The number of rotatable bonds is 2. The summed E-state index contributed by atoms with van der Waals surface area (Å²) in [6.45, 7) is 1.96. The summed E-state index contributed by atoms with van der Waals surface area (Å²) < 4.78 is 5.30. The van der Waals surface area contributed by atoms with Crippen molar-refractivity contribution in [2.24, 2.45) is 0 Å². The first kappa shape index (κ1) is 11.4. The Hall–Kier alpha value is -2.69. The molecule has 0 aliphatic heterocycles. The van der Waals surface area contributed by atoms with Gasteiger partial charge in [-0.2, -0.15) is 4.98 Å². The Kier molecular flexibility index (Phi) is 2.72. The third kappa shape index (κ3) is 2.18. The van der Waals surface area contributed by atoms with Gasteiger partial charge in [0.05, 0.1) is 0 Å². The first-order valence-corrected chi connectivity index (χ1v) is 5.84. The Labute approximate surface area is 110 Å². The van der Waals surface area contributed by atoms with E-state index in [-0.39, 0.29) is 0 Å². The van der Waals surface area contributed by atoms with Crippen molar-refractivity contribution in [1.29, 1.82) is 0 Å². The molecule has 0 bridgehead atoms. The molecule has 0 radical (unpaired) electrons. The number of nitrogens with two attached hydrogens (primary N) is 1. The maximum atomic E-state index is 5.73. The van der Waals surface area contributed by atoms with E-state index in [4.69, 9.17) is 10.3 Å². The largest absolute Gasteiger partial charge is 0.399 e. The number of hydrogen-bond acceptors (Lipinski definition) is 5. The highest BCUT2D eigenvalue weighted by Gasteiger charge is 2.12. The summed E-state index contributed by atoms with van der Waals surface area (Å²) >= 11 is 0. The molecule has 94 valence electrons. The van der Waals surface area contributed by atoms with Crippen LogP contribution in [0.15, 0.2) is 47.2 Å². The minimum absolute atomic E-state index is 0.483. The lowest BCUT2D eigenvalue weighted by Gasteiger charge is -2.01. The van der Waals surface area contributed by atoms with E-state index in [1.165, 1.54) is 0 Å². The molecule has 0 saturated carbocycles. The van der Waals surface area contributed by atoms with Crippen LogP contribution >= 0.6 is 0 Å². The van der Waals surface area contributed by atoms with Crippen molar-refractivity contribution >= 4 is 5.69 Å². The van der Waals surface area contributed by atoms with Crippen molar-refractivity contribution in [3.8, 4) is 22.8 Å². The Balaban J connectivity index is 2.02. The van der Waals surface area contributed by atoms with Gasteiger partial charge >= 0.3 is 0 Å². The lowest BCUT2D eigenvalue weighted by Crippen LogP contribution is -1.88. The monoisotopic (exact) mass is 252 g/mol. The molecule has 0 spiro atoms. The number of nitrogens with zero attached hydrogens (tertiary/aromatic N) is 3. The highest BCUT2D eigenvalue weighted by molar-refractivity contribution is 5.64. The molecule has 2 N–H and O–H groups in total. The highest BCUT2D eigenvalue weighted by Crippen LogP contribution is 2.25. The van der Waals surface area contributed by atoms with Crippen molar-refractivity contribution in [3.05, 3.63) is 48.3 Å². The molecule has 5 nitrogen and oxygen atoms in total. The topological polar surface area (TPSA) is 77.8 Å².